The standard InChI is InChI=1S/C24H24N6O5S/c1-25-23(31)18-8-5-16(11-26-18)21-27-12-19-22(28-21)29-9-10-35-14-20(29)24(32)30(19)13-15-3-6-17(7-4-15)36(2,33)34/h3-8,11-12,20H,9-10,13-14H2,1-2H3,(H,25,31). The van der Waals surface area contributed by atoms with Crippen LogP contribution in [-0.2, 0) is 25.9 Å². The number of nitrogens with zero attached hydrogens (tertiary/aromatic N) is 5. The van der Waals surface area contributed by atoms with Crippen LogP contribution >= 0.6 is 0 Å². The van der Waals surface area contributed by atoms with Crippen LogP contribution in [0.4, 0.5) is 11.5 Å². The largest absolute Gasteiger partial charge is 0.377 e. The quantitative estimate of drug-likeness (QED) is 0.537. The number of carbonyl (C=O) groups is 2. The first-order valence-electron chi connectivity index (χ1n) is 11.3. The van der Waals surface area contributed by atoms with Gasteiger partial charge in [-0.15, -0.1) is 0 Å². The van der Waals surface area contributed by atoms with Gasteiger partial charge in [-0.1, -0.05) is 12.1 Å². The van der Waals surface area contributed by atoms with Crippen LogP contribution in [0.5, 0.6) is 0 Å². The first kappa shape index (κ1) is 23.8. The molecule has 3 aromatic rings. The predicted molar refractivity (Wildman–Crippen MR) is 131 cm³/mol. The van der Waals surface area contributed by atoms with E-state index in [1.807, 2.05) is 4.90 Å². The van der Waals surface area contributed by atoms with E-state index in [1.54, 1.807) is 35.4 Å². The van der Waals surface area contributed by atoms with Crippen LogP contribution in [0, 0.1) is 0 Å². The molecule has 1 atom stereocenters. The molecule has 2 aliphatic rings. The van der Waals surface area contributed by atoms with Gasteiger partial charge in [0, 0.05) is 31.6 Å². The molecule has 5 rings (SSSR count). The molecular formula is C24H24N6O5S. The van der Waals surface area contributed by atoms with Gasteiger partial charge in [-0.05, 0) is 29.8 Å². The molecule has 1 fully saturated rings. The maximum Gasteiger partial charge on any atom is 0.269 e. The number of pyridine rings is 1. The lowest BCUT2D eigenvalue weighted by Crippen LogP contribution is -2.58. The number of aromatic nitrogens is 3. The number of ether oxygens (including phenoxy) is 1. The number of hydrogen-bond acceptors (Lipinski definition) is 9. The van der Waals surface area contributed by atoms with E-state index in [9.17, 15) is 18.0 Å². The molecule has 0 saturated carbocycles. The van der Waals surface area contributed by atoms with Crippen LogP contribution < -0.4 is 15.1 Å². The van der Waals surface area contributed by atoms with E-state index in [0.29, 0.717) is 36.0 Å². The van der Waals surface area contributed by atoms with Gasteiger partial charge in [-0.2, -0.15) is 0 Å². The SMILES string of the molecule is CNC(=O)c1ccc(-c2ncc3c(n2)N2CCOCC2C(=O)N3Cc2ccc(S(C)(=O)=O)cc2)cn1. The lowest BCUT2D eigenvalue weighted by molar-refractivity contribution is -0.122. The first-order valence-corrected chi connectivity index (χ1v) is 13.2. The summed E-state index contributed by atoms with van der Waals surface area (Å²) >= 11 is 0. The minimum Gasteiger partial charge on any atom is -0.377 e. The molecule has 0 bridgehead atoms. The molecule has 2 aromatic heterocycles. The van der Waals surface area contributed by atoms with Crippen LogP contribution in [0.25, 0.3) is 11.4 Å². The summed E-state index contributed by atoms with van der Waals surface area (Å²) in [6, 6.07) is 9.26. The van der Waals surface area contributed by atoms with Gasteiger partial charge in [0.15, 0.2) is 21.5 Å². The summed E-state index contributed by atoms with van der Waals surface area (Å²) in [5, 5.41) is 2.53. The lowest BCUT2D eigenvalue weighted by Gasteiger charge is -2.43. The van der Waals surface area contributed by atoms with E-state index in [0.717, 1.165) is 11.8 Å². The normalized spacial score (nSPS) is 17.4. The second-order valence-corrected chi connectivity index (χ2v) is 10.6. The maximum atomic E-state index is 13.4. The molecule has 11 nitrogen and oxygen atoms in total. The summed E-state index contributed by atoms with van der Waals surface area (Å²) in [5.74, 6) is 0.600. The van der Waals surface area contributed by atoms with E-state index < -0.39 is 15.9 Å². The molecule has 186 valence electrons. The van der Waals surface area contributed by atoms with E-state index in [-0.39, 0.29) is 35.6 Å². The van der Waals surface area contributed by atoms with Crippen molar-refractivity contribution in [3.63, 3.8) is 0 Å². The van der Waals surface area contributed by atoms with Gasteiger partial charge in [0.05, 0.1) is 30.9 Å². The van der Waals surface area contributed by atoms with Crippen LogP contribution in [0.15, 0.2) is 53.7 Å². The summed E-state index contributed by atoms with van der Waals surface area (Å²) in [6.45, 7) is 1.44. The number of carbonyl (C=O) groups excluding carboxylic acids is 2. The van der Waals surface area contributed by atoms with Gasteiger partial charge in [0.1, 0.15) is 17.4 Å². The second-order valence-electron chi connectivity index (χ2n) is 8.54. The molecule has 4 heterocycles. The molecule has 12 heteroatoms. The highest BCUT2D eigenvalue weighted by Crippen LogP contribution is 2.37. The van der Waals surface area contributed by atoms with Crippen molar-refractivity contribution >= 4 is 33.2 Å². The molecular weight excluding hydrogens is 484 g/mol. The lowest BCUT2D eigenvalue weighted by atomic mass is 10.1. The number of nitrogens with one attached hydrogen (secondary N) is 1. The average Bonchev–Trinajstić information content (AvgIpc) is 2.90. The van der Waals surface area contributed by atoms with Crippen molar-refractivity contribution in [2.24, 2.45) is 0 Å². The number of rotatable bonds is 5. The van der Waals surface area contributed by atoms with Gasteiger partial charge >= 0.3 is 0 Å². The highest BCUT2D eigenvalue weighted by atomic mass is 32.2. The Morgan fingerprint density at radius 2 is 1.92 bits per heavy atom. The highest BCUT2D eigenvalue weighted by molar-refractivity contribution is 7.90. The number of hydrogen-bond donors (Lipinski definition) is 1. The molecule has 1 aromatic carbocycles. The minimum atomic E-state index is -3.32. The summed E-state index contributed by atoms with van der Waals surface area (Å²) < 4.78 is 29.2. The number of anilines is 2. The fraction of sp³-hybridized carbons (Fsp3) is 0.292. The van der Waals surface area contributed by atoms with Gasteiger partial charge < -0.3 is 19.9 Å². The van der Waals surface area contributed by atoms with Crippen molar-refractivity contribution in [1.29, 1.82) is 0 Å². The molecule has 2 amide bonds. The zero-order valence-corrected chi connectivity index (χ0v) is 20.5. The molecule has 2 aliphatic heterocycles. The van der Waals surface area contributed by atoms with E-state index in [1.165, 1.54) is 25.4 Å². The Labute approximate surface area is 208 Å². The number of fused-ring (bicyclic) bond motifs is 3. The summed E-state index contributed by atoms with van der Waals surface area (Å²) in [7, 11) is -1.78. The zero-order valence-electron chi connectivity index (χ0n) is 19.7. The van der Waals surface area contributed by atoms with Gasteiger partial charge in [0.25, 0.3) is 11.8 Å². The topological polar surface area (TPSA) is 135 Å². The van der Waals surface area contributed by atoms with Crippen LogP contribution in [-0.4, -0.2) is 74.3 Å². The van der Waals surface area contributed by atoms with Gasteiger partial charge in [-0.3, -0.25) is 14.6 Å². The maximum absolute atomic E-state index is 13.4. The Morgan fingerprint density at radius 3 is 2.58 bits per heavy atom. The molecule has 0 radical (unpaired) electrons. The van der Waals surface area contributed by atoms with Crippen LogP contribution in [0.2, 0.25) is 0 Å². The van der Waals surface area contributed by atoms with Crippen LogP contribution in [0.1, 0.15) is 16.1 Å². The molecule has 1 unspecified atom stereocenters. The Morgan fingerprint density at radius 1 is 1.14 bits per heavy atom. The van der Waals surface area contributed by atoms with Crippen molar-refractivity contribution in [1.82, 2.24) is 20.3 Å². The van der Waals surface area contributed by atoms with E-state index in [2.05, 4.69) is 15.3 Å². The third-order valence-electron chi connectivity index (χ3n) is 6.17. The summed E-state index contributed by atoms with van der Waals surface area (Å²) in [5.41, 5.74) is 2.25. The molecule has 0 aliphatic carbocycles. The molecule has 0 spiro atoms. The Hall–Kier alpha value is -3.90. The molecule has 36 heavy (non-hydrogen) atoms. The summed E-state index contributed by atoms with van der Waals surface area (Å²) in [6.07, 6.45) is 4.30. The first-order chi connectivity index (χ1) is 17.3. The predicted octanol–water partition coefficient (Wildman–Crippen LogP) is 1.05. The third-order valence-corrected chi connectivity index (χ3v) is 7.29. The van der Waals surface area contributed by atoms with Crippen molar-refractivity contribution in [3.8, 4) is 11.4 Å². The Kier molecular flexibility index (Phi) is 6.14. The zero-order chi connectivity index (χ0) is 25.4. The second kappa shape index (κ2) is 9.28. The van der Waals surface area contributed by atoms with Crippen molar-refractivity contribution in [3.05, 3.63) is 60.0 Å². The van der Waals surface area contributed by atoms with Crippen molar-refractivity contribution in [2.75, 3.05) is 42.9 Å². The Bertz CT molecular complexity index is 1430. The average molecular weight is 509 g/mol. The molecule has 1 N–H and O–H groups in total. The number of benzene rings is 1. The molecule has 1 saturated heterocycles. The van der Waals surface area contributed by atoms with E-state index >= 15 is 0 Å². The van der Waals surface area contributed by atoms with Gasteiger partial charge in [0.2, 0.25) is 0 Å². The highest BCUT2D eigenvalue weighted by Gasteiger charge is 2.41. The summed E-state index contributed by atoms with van der Waals surface area (Å²) in [4.78, 5) is 42.5. The smallest absolute Gasteiger partial charge is 0.269 e. The minimum absolute atomic E-state index is 0.137. The van der Waals surface area contributed by atoms with Crippen molar-refractivity contribution in [2.45, 2.75) is 17.5 Å². The van der Waals surface area contributed by atoms with Crippen LogP contribution in [0.3, 0.4) is 0 Å². The fourth-order valence-corrected chi connectivity index (χ4v) is 4.87. The number of morpholine rings is 1. The third kappa shape index (κ3) is 4.40. The number of amides is 2. The number of sulfone groups is 1. The van der Waals surface area contributed by atoms with Crippen molar-refractivity contribution < 1.29 is 22.7 Å². The Balaban J connectivity index is 1.51. The van der Waals surface area contributed by atoms with E-state index in [4.69, 9.17) is 9.72 Å². The fourth-order valence-electron chi connectivity index (χ4n) is 4.24. The van der Waals surface area contributed by atoms with Gasteiger partial charge in [-0.25, -0.2) is 18.4 Å². The monoisotopic (exact) mass is 508 g/mol.